The highest BCUT2D eigenvalue weighted by Crippen LogP contribution is 2.40. The van der Waals surface area contributed by atoms with Gasteiger partial charge < -0.3 is 24.6 Å². The number of carbonyl (C=O) groups is 2. The summed E-state index contributed by atoms with van der Waals surface area (Å²) >= 11 is 0. The Morgan fingerprint density at radius 2 is 1.90 bits per heavy atom. The fourth-order valence-electron chi connectivity index (χ4n) is 4.07. The molecule has 4 rings (SSSR count). The number of fused-ring (bicyclic) bond motifs is 1. The Kier molecular flexibility index (Phi) is 5.69. The van der Waals surface area contributed by atoms with Crippen molar-refractivity contribution in [2.45, 2.75) is 38.5 Å². The van der Waals surface area contributed by atoms with Gasteiger partial charge in [-0.15, -0.1) is 0 Å². The second-order valence-electron chi connectivity index (χ2n) is 7.51. The van der Waals surface area contributed by atoms with Crippen LogP contribution in [0.5, 0.6) is 11.5 Å². The third-order valence-corrected chi connectivity index (χ3v) is 5.40. The van der Waals surface area contributed by atoms with Gasteiger partial charge in [0.05, 0.1) is 12.5 Å². The topological polar surface area (TPSA) is 103 Å². The third-order valence-electron chi connectivity index (χ3n) is 5.40. The van der Waals surface area contributed by atoms with Gasteiger partial charge in [0.1, 0.15) is 19.0 Å². The first-order valence-electron chi connectivity index (χ1n) is 10.0. The predicted octanol–water partition coefficient (Wildman–Crippen LogP) is 2.78. The van der Waals surface area contributed by atoms with Crippen LogP contribution in [0.2, 0.25) is 0 Å². The third kappa shape index (κ3) is 4.52. The van der Waals surface area contributed by atoms with Crippen molar-refractivity contribution in [3.63, 3.8) is 0 Å². The molecule has 2 aliphatic rings. The lowest BCUT2D eigenvalue weighted by atomic mass is 9.84. The maximum Gasteiger partial charge on any atom is 0.245 e. The van der Waals surface area contributed by atoms with E-state index in [-0.39, 0.29) is 30.2 Å². The van der Waals surface area contributed by atoms with Crippen molar-refractivity contribution in [1.82, 2.24) is 10.5 Å². The van der Waals surface area contributed by atoms with Gasteiger partial charge in [0.2, 0.25) is 11.8 Å². The molecule has 1 aliphatic heterocycles. The summed E-state index contributed by atoms with van der Waals surface area (Å²) in [6.07, 6.45) is 4.23. The maximum atomic E-state index is 13.1. The van der Waals surface area contributed by atoms with E-state index in [1.165, 1.54) is 0 Å². The van der Waals surface area contributed by atoms with Crippen molar-refractivity contribution in [3.05, 3.63) is 35.6 Å². The zero-order valence-corrected chi connectivity index (χ0v) is 16.4. The molecule has 2 amide bonds. The lowest BCUT2D eigenvalue weighted by Gasteiger charge is -2.25. The predicted molar refractivity (Wildman–Crippen MR) is 105 cm³/mol. The van der Waals surface area contributed by atoms with E-state index >= 15 is 0 Å². The Bertz CT molecular complexity index is 888. The molecule has 0 bridgehead atoms. The summed E-state index contributed by atoms with van der Waals surface area (Å²) in [6, 6.07) is 7.30. The van der Waals surface area contributed by atoms with E-state index in [0.29, 0.717) is 36.3 Å². The zero-order chi connectivity index (χ0) is 20.2. The highest BCUT2D eigenvalue weighted by Gasteiger charge is 2.33. The molecule has 1 fully saturated rings. The minimum atomic E-state index is -0.348. The fourth-order valence-corrected chi connectivity index (χ4v) is 4.07. The first kappa shape index (κ1) is 19.3. The molecule has 1 aromatic carbocycles. The summed E-state index contributed by atoms with van der Waals surface area (Å²) in [6.45, 7) is 2.64. The van der Waals surface area contributed by atoms with Gasteiger partial charge in [-0.3, -0.25) is 9.59 Å². The molecule has 1 aromatic heterocycles. The molecule has 8 nitrogen and oxygen atoms in total. The standard InChI is InChI=1S/C21H25N3O5/c1-13-10-18(24-29-13)23-19(25)12-22-21(26)20(14-4-2-3-5-14)15-6-7-16-17(11-15)28-9-8-27-16/h6-7,10-11,14,20H,2-5,8-9,12H2,1H3,(H,22,26)(H,23,24,25). The number of hydrogen-bond acceptors (Lipinski definition) is 6. The molecule has 2 heterocycles. The second-order valence-corrected chi connectivity index (χ2v) is 7.51. The van der Waals surface area contributed by atoms with Crippen molar-refractivity contribution in [2.75, 3.05) is 25.1 Å². The summed E-state index contributed by atoms with van der Waals surface area (Å²) in [4.78, 5) is 25.2. The average molecular weight is 399 g/mol. The molecule has 2 N–H and O–H groups in total. The molecule has 8 heteroatoms. The van der Waals surface area contributed by atoms with Crippen molar-refractivity contribution in [2.24, 2.45) is 5.92 Å². The zero-order valence-electron chi connectivity index (χ0n) is 16.4. The first-order valence-corrected chi connectivity index (χ1v) is 10.0. The SMILES string of the molecule is Cc1cc(NC(=O)CNC(=O)C(c2ccc3c(c2)OCCO3)C2CCCC2)no1. The minimum absolute atomic E-state index is 0.126. The number of anilines is 1. The maximum absolute atomic E-state index is 13.1. The van der Waals surface area contributed by atoms with Crippen LogP contribution in [-0.2, 0) is 9.59 Å². The Balaban J connectivity index is 1.45. The molecular formula is C21H25N3O5. The lowest BCUT2D eigenvalue weighted by molar-refractivity contribution is -0.126. The number of aryl methyl sites for hydroxylation is 1. The summed E-state index contributed by atoms with van der Waals surface area (Å²) in [7, 11) is 0. The number of amides is 2. The van der Waals surface area contributed by atoms with Crippen LogP contribution in [0, 0.1) is 12.8 Å². The van der Waals surface area contributed by atoms with E-state index in [2.05, 4.69) is 15.8 Å². The van der Waals surface area contributed by atoms with Crippen LogP contribution in [0.15, 0.2) is 28.8 Å². The molecule has 0 saturated heterocycles. The van der Waals surface area contributed by atoms with Gasteiger partial charge in [-0.25, -0.2) is 0 Å². The average Bonchev–Trinajstić information content (AvgIpc) is 3.38. The Labute approximate surface area is 168 Å². The number of aromatic nitrogens is 1. The van der Waals surface area contributed by atoms with E-state index in [1.54, 1.807) is 13.0 Å². The highest BCUT2D eigenvalue weighted by atomic mass is 16.6. The smallest absolute Gasteiger partial charge is 0.245 e. The van der Waals surface area contributed by atoms with Gasteiger partial charge in [0.25, 0.3) is 0 Å². The molecule has 2 aromatic rings. The van der Waals surface area contributed by atoms with Crippen LogP contribution in [0.4, 0.5) is 5.82 Å². The molecular weight excluding hydrogens is 374 g/mol. The Morgan fingerprint density at radius 3 is 2.62 bits per heavy atom. The van der Waals surface area contributed by atoms with E-state index in [4.69, 9.17) is 14.0 Å². The fraction of sp³-hybridized carbons (Fsp3) is 0.476. The van der Waals surface area contributed by atoms with Crippen LogP contribution in [0.25, 0.3) is 0 Å². The summed E-state index contributed by atoms with van der Waals surface area (Å²) < 4.78 is 16.2. The number of nitrogens with one attached hydrogen (secondary N) is 2. The number of nitrogens with zero attached hydrogens (tertiary/aromatic N) is 1. The number of benzene rings is 1. The number of hydrogen-bond donors (Lipinski definition) is 2. The van der Waals surface area contributed by atoms with E-state index < -0.39 is 0 Å². The largest absolute Gasteiger partial charge is 0.486 e. The van der Waals surface area contributed by atoms with Crippen LogP contribution >= 0.6 is 0 Å². The van der Waals surface area contributed by atoms with Gasteiger partial charge in [-0.1, -0.05) is 24.1 Å². The molecule has 1 aliphatic carbocycles. The van der Waals surface area contributed by atoms with Crippen molar-refractivity contribution in [1.29, 1.82) is 0 Å². The van der Waals surface area contributed by atoms with Gasteiger partial charge in [0, 0.05) is 6.07 Å². The van der Waals surface area contributed by atoms with Crippen LogP contribution in [-0.4, -0.2) is 36.7 Å². The van der Waals surface area contributed by atoms with E-state index in [1.807, 2.05) is 18.2 Å². The van der Waals surface area contributed by atoms with Gasteiger partial charge in [-0.05, 0) is 43.4 Å². The second kappa shape index (κ2) is 8.55. The Hall–Kier alpha value is -3.03. The highest BCUT2D eigenvalue weighted by molar-refractivity contribution is 5.95. The van der Waals surface area contributed by atoms with Gasteiger partial charge in [-0.2, -0.15) is 0 Å². The van der Waals surface area contributed by atoms with E-state index in [9.17, 15) is 9.59 Å². The quantitative estimate of drug-likeness (QED) is 0.774. The summed E-state index contributed by atoms with van der Waals surface area (Å²) in [5.41, 5.74) is 0.895. The van der Waals surface area contributed by atoms with Crippen molar-refractivity contribution >= 4 is 17.6 Å². The summed E-state index contributed by atoms with van der Waals surface area (Å²) in [5, 5.41) is 9.12. The number of carbonyl (C=O) groups excluding carboxylic acids is 2. The number of ether oxygens (including phenoxy) is 2. The molecule has 1 saturated carbocycles. The number of rotatable bonds is 6. The van der Waals surface area contributed by atoms with Crippen LogP contribution < -0.4 is 20.1 Å². The van der Waals surface area contributed by atoms with Gasteiger partial charge in [0.15, 0.2) is 17.3 Å². The normalized spacial score (nSPS) is 17.0. The Morgan fingerprint density at radius 1 is 1.14 bits per heavy atom. The molecule has 154 valence electrons. The molecule has 1 atom stereocenters. The van der Waals surface area contributed by atoms with Crippen molar-refractivity contribution in [3.8, 4) is 11.5 Å². The van der Waals surface area contributed by atoms with E-state index in [0.717, 1.165) is 31.2 Å². The molecule has 0 radical (unpaired) electrons. The summed E-state index contributed by atoms with van der Waals surface area (Å²) in [5.74, 6) is 1.73. The molecule has 0 spiro atoms. The monoisotopic (exact) mass is 399 g/mol. The first-order chi connectivity index (χ1) is 14.1. The van der Waals surface area contributed by atoms with Crippen molar-refractivity contribution < 1.29 is 23.6 Å². The molecule has 29 heavy (non-hydrogen) atoms. The molecule has 1 unspecified atom stereocenters. The lowest BCUT2D eigenvalue weighted by Crippen LogP contribution is -2.38. The van der Waals surface area contributed by atoms with Crippen LogP contribution in [0.3, 0.4) is 0 Å². The van der Waals surface area contributed by atoms with Gasteiger partial charge >= 0.3 is 0 Å². The minimum Gasteiger partial charge on any atom is -0.486 e. The van der Waals surface area contributed by atoms with Crippen LogP contribution in [0.1, 0.15) is 42.9 Å².